The first-order chi connectivity index (χ1) is 10.2. The molecule has 2 N–H and O–H groups in total. The van der Waals surface area contributed by atoms with Crippen LogP contribution in [-0.2, 0) is 9.53 Å². The maximum Gasteiger partial charge on any atom is 0.226 e. The van der Waals surface area contributed by atoms with Crippen LogP contribution in [0.15, 0.2) is 0 Å². The number of hydrogen-bond acceptors (Lipinski definition) is 4. The topological polar surface area (TPSA) is 55.6 Å². The standard InChI is InChI=1S/C16H28N2O2S/c17-13-5-3-12(4-6-13)16(19)18(14-7-9-21-11-14)10-15-2-1-8-20-15/h12-15H,1-11,17H2. The van der Waals surface area contributed by atoms with Crippen molar-refractivity contribution in [2.24, 2.45) is 11.7 Å². The lowest BCUT2D eigenvalue weighted by atomic mass is 9.85. The second-order valence-electron chi connectivity index (χ2n) is 6.75. The molecule has 1 aliphatic carbocycles. The quantitative estimate of drug-likeness (QED) is 0.863. The fourth-order valence-corrected chi connectivity index (χ4v) is 5.02. The van der Waals surface area contributed by atoms with Crippen LogP contribution in [-0.4, -0.2) is 53.7 Å². The van der Waals surface area contributed by atoms with E-state index in [2.05, 4.69) is 4.90 Å². The Bertz CT molecular complexity index is 346. The van der Waals surface area contributed by atoms with Crippen LogP contribution in [0.5, 0.6) is 0 Å². The third-order valence-corrected chi connectivity index (χ3v) is 6.32. The van der Waals surface area contributed by atoms with Gasteiger partial charge < -0.3 is 15.4 Å². The van der Waals surface area contributed by atoms with Crippen molar-refractivity contribution in [1.82, 2.24) is 4.90 Å². The molecule has 120 valence electrons. The van der Waals surface area contributed by atoms with Gasteiger partial charge in [-0.1, -0.05) is 0 Å². The number of amides is 1. The zero-order valence-electron chi connectivity index (χ0n) is 12.8. The Labute approximate surface area is 132 Å². The second-order valence-corrected chi connectivity index (χ2v) is 7.90. The highest BCUT2D eigenvalue weighted by molar-refractivity contribution is 7.99. The van der Waals surface area contributed by atoms with Crippen LogP contribution < -0.4 is 5.73 Å². The lowest BCUT2D eigenvalue weighted by molar-refractivity contribution is -0.140. The van der Waals surface area contributed by atoms with E-state index in [9.17, 15) is 4.79 Å². The number of carbonyl (C=O) groups excluding carboxylic acids is 1. The van der Waals surface area contributed by atoms with Crippen LogP contribution in [0.1, 0.15) is 44.9 Å². The van der Waals surface area contributed by atoms with E-state index in [0.717, 1.165) is 63.9 Å². The third kappa shape index (κ3) is 3.93. The molecule has 0 aromatic heterocycles. The minimum absolute atomic E-state index is 0.205. The Morgan fingerprint density at radius 3 is 2.62 bits per heavy atom. The minimum Gasteiger partial charge on any atom is -0.376 e. The number of rotatable bonds is 4. The first kappa shape index (κ1) is 15.6. The Morgan fingerprint density at radius 1 is 1.19 bits per heavy atom. The molecule has 2 aliphatic heterocycles. The molecule has 0 aromatic carbocycles. The Morgan fingerprint density at radius 2 is 2.00 bits per heavy atom. The predicted molar refractivity (Wildman–Crippen MR) is 86.4 cm³/mol. The van der Waals surface area contributed by atoms with Gasteiger partial charge >= 0.3 is 0 Å². The summed E-state index contributed by atoms with van der Waals surface area (Å²) in [4.78, 5) is 15.2. The van der Waals surface area contributed by atoms with Crippen molar-refractivity contribution < 1.29 is 9.53 Å². The van der Waals surface area contributed by atoms with Crippen molar-refractivity contribution in [2.75, 3.05) is 24.7 Å². The van der Waals surface area contributed by atoms with Crippen molar-refractivity contribution in [1.29, 1.82) is 0 Å². The predicted octanol–water partition coefficient (Wildman–Crippen LogP) is 2.02. The van der Waals surface area contributed by atoms with Crippen LogP contribution in [0.25, 0.3) is 0 Å². The Hall–Kier alpha value is -0.260. The smallest absolute Gasteiger partial charge is 0.226 e. The minimum atomic E-state index is 0.205. The summed E-state index contributed by atoms with van der Waals surface area (Å²) in [7, 11) is 0. The van der Waals surface area contributed by atoms with Crippen molar-refractivity contribution in [3.05, 3.63) is 0 Å². The summed E-state index contributed by atoms with van der Waals surface area (Å²) in [6, 6.07) is 0.741. The van der Waals surface area contributed by atoms with Crippen LogP contribution in [0.3, 0.4) is 0 Å². The van der Waals surface area contributed by atoms with Crippen molar-refractivity contribution >= 4 is 17.7 Å². The molecule has 5 heteroatoms. The Kier molecular flexibility index (Phi) is 5.46. The average Bonchev–Trinajstić information content (AvgIpc) is 3.18. The van der Waals surface area contributed by atoms with Gasteiger partial charge in [-0.25, -0.2) is 0 Å². The second kappa shape index (κ2) is 7.34. The van der Waals surface area contributed by atoms with Gasteiger partial charge in [0.2, 0.25) is 5.91 Å². The van der Waals surface area contributed by atoms with E-state index in [-0.39, 0.29) is 12.0 Å². The first-order valence-electron chi connectivity index (χ1n) is 8.49. The molecule has 0 radical (unpaired) electrons. The fourth-order valence-electron chi connectivity index (χ4n) is 3.80. The molecule has 3 rings (SSSR count). The molecule has 0 aromatic rings. The number of hydrogen-bond donors (Lipinski definition) is 1. The zero-order chi connectivity index (χ0) is 14.7. The van der Waals surface area contributed by atoms with E-state index in [0.29, 0.717) is 18.0 Å². The van der Waals surface area contributed by atoms with Gasteiger partial charge in [0, 0.05) is 36.9 Å². The molecule has 4 nitrogen and oxygen atoms in total. The van der Waals surface area contributed by atoms with Gasteiger partial charge in [0.25, 0.3) is 0 Å². The first-order valence-corrected chi connectivity index (χ1v) is 9.65. The summed E-state index contributed by atoms with van der Waals surface area (Å²) in [5.41, 5.74) is 5.98. The van der Waals surface area contributed by atoms with Gasteiger partial charge in [0.15, 0.2) is 0 Å². The van der Waals surface area contributed by atoms with Gasteiger partial charge in [-0.2, -0.15) is 11.8 Å². The summed E-state index contributed by atoms with van der Waals surface area (Å²) in [5, 5.41) is 0. The van der Waals surface area contributed by atoms with Gasteiger partial charge in [-0.15, -0.1) is 0 Å². The van der Waals surface area contributed by atoms with Crippen LogP contribution >= 0.6 is 11.8 Å². The molecule has 21 heavy (non-hydrogen) atoms. The van der Waals surface area contributed by atoms with Crippen LogP contribution in [0, 0.1) is 5.92 Å². The zero-order valence-corrected chi connectivity index (χ0v) is 13.7. The van der Waals surface area contributed by atoms with E-state index < -0.39 is 0 Å². The molecule has 0 bridgehead atoms. The van der Waals surface area contributed by atoms with E-state index in [1.54, 1.807) is 0 Å². The van der Waals surface area contributed by atoms with Gasteiger partial charge in [-0.05, 0) is 50.7 Å². The largest absolute Gasteiger partial charge is 0.376 e. The van der Waals surface area contributed by atoms with Crippen molar-refractivity contribution in [3.63, 3.8) is 0 Å². The van der Waals surface area contributed by atoms with Gasteiger partial charge in [-0.3, -0.25) is 4.79 Å². The number of nitrogens with zero attached hydrogens (tertiary/aromatic N) is 1. The van der Waals surface area contributed by atoms with E-state index in [4.69, 9.17) is 10.5 Å². The summed E-state index contributed by atoms with van der Waals surface area (Å²) >= 11 is 1.98. The average molecular weight is 312 g/mol. The summed E-state index contributed by atoms with van der Waals surface area (Å²) < 4.78 is 5.78. The van der Waals surface area contributed by atoms with Gasteiger partial charge in [0.05, 0.1) is 6.10 Å². The van der Waals surface area contributed by atoms with E-state index in [1.807, 2.05) is 11.8 Å². The summed E-state index contributed by atoms with van der Waals surface area (Å²) in [6.45, 7) is 1.68. The monoisotopic (exact) mass is 312 g/mol. The van der Waals surface area contributed by atoms with Crippen molar-refractivity contribution in [3.8, 4) is 0 Å². The Balaban J connectivity index is 1.63. The molecule has 3 fully saturated rings. The molecule has 1 saturated carbocycles. The van der Waals surface area contributed by atoms with Crippen LogP contribution in [0.4, 0.5) is 0 Å². The molecule has 2 atom stereocenters. The summed E-state index contributed by atoms with van der Waals surface area (Å²) in [6.07, 6.45) is 7.63. The third-order valence-electron chi connectivity index (χ3n) is 5.17. The molecule has 2 heterocycles. The maximum absolute atomic E-state index is 13.0. The highest BCUT2D eigenvalue weighted by atomic mass is 32.2. The van der Waals surface area contributed by atoms with E-state index in [1.165, 1.54) is 5.75 Å². The highest BCUT2D eigenvalue weighted by Gasteiger charge is 2.35. The molecule has 3 aliphatic rings. The van der Waals surface area contributed by atoms with Crippen molar-refractivity contribution in [2.45, 2.75) is 63.1 Å². The van der Waals surface area contributed by atoms with Crippen LogP contribution in [0.2, 0.25) is 0 Å². The normalized spacial score (nSPS) is 36.8. The highest BCUT2D eigenvalue weighted by Crippen LogP contribution is 2.30. The molecular weight excluding hydrogens is 284 g/mol. The van der Waals surface area contributed by atoms with Gasteiger partial charge in [0.1, 0.15) is 0 Å². The summed E-state index contributed by atoms with van der Waals surface area (Å²) in [5.74, 6) is 2.88. The fraction of sp³-hybridized carbons (Fsp3) is 0.938. The van der Waals surface area contributed by atoms with E-state index >= 15 is 0 Å². The SMILES string of the molecule is NC1CCC(C(=O)N(CC2CCCO2)C2CCSC2)CC1. The molecule has 2 saturated heterocycles. The maximum atomic E-state index is 13.0. The number of nitrogens with two attached hydrogens (primary N) is 1. The number of carbonyl (C=O) groups is 1. The number of ether oxygens (including phenoxy) is 1. The number of thioether (sulfide) groups is 1. The molecule has 1 amide bonds. The lowest BCUT2D eigenvalue weighted by Gasteiger charge is -2.35. The molecule has 0 spiro atoms. The molecular formula is C16H28N2O2S. The lowest BCUT2D eigenvalue weighted by Crippen LogP contribution is -2.48. The molecule has 2 unspecified atom stereocenters.